The fourth-order valence-corrected chi connectivity index (χ4v) is 4.43. The van der Waals surface area contributed by atoms with Gasteiger partial charge in [-0.15, -0.1) is 34.0 Å². The van der Waals surface area contributed by atoms with E-state index in [1.807, 2.05) is 34.0 Å². The summed E-state index contributed by atoms with van der Waals surface area (Å²) in [6.07, 6.45) is 0. The number of hydrogen-bond donors (Lipinski definition) is 0. The van der Waals surface area contributed by atoms with Crippen LogP contribution in [0, 0.1) is 6.92 Å². The largest absolute Gasteiger partial charge is 0.144 e. The molecule has 0 amide bonds. The summed E-state index contributed by atoms with van der Waals surface area (Å²) >= 11 is 5.52. The predicted molar refractivity (Wildman–Crippen MR) is 75.7 cm³/mol. The molecule has 0 unspecified atom stereocenters. The van der Waals surface area contributed by atoms with Crippen molar-refractivity contribution in [1.29, 1.82) is 0 Å². The summed E-state index contributed by atoms with van der Waals surface area (Å²) in [6, 6.07) is 10.9. The van der Waals surface area contributed by atoms with E-state index in [2.05, 4.69) is 48.0 Å². The highest BCUT2D eigenvalue weighted by molar-refractivity contribution is 7.22. The van der Waals surface area contributed by atoms with Crippen molar-refractivity contribution in [3.63, 3.8) is 0 Å². The van der Waals surface area contributed by atoms with Crippen LogP contribution in [0.3, 0.4) is 0 Å². The first-order valence-corrected chi connectivity index (χ1v) is 7.60. The molecule has 0 fully saturated rings. The molecular formula is C13H10S3. The molecule has 0 aliphatic rings. The summed E-state index contributed by atoms with van der Waals surface area (Å²) in [5.74, 6) is 0. The predicted octanol–water partition coefficient (Wildman–Crippen LogP) is 5.51. The van der Waals surface area contributed by atoms with Crippen molar-refractivity contribution >= 4 is 34.0 Å². The Labute approximate surface area is 107 Å². The van der Waals surface area contributed by atoms with Gasteiger partial charge in [-0.25, -0.2) is 0 Å². The van der Waals surface area contributed by atoms with Crippen LogP contribution in [0.4, 0.5) is 0 Å². The quantitative estimate of drug-likeness (QED) is 0.571. The van der Waals surface area contributed by atoms with Gasteiger partial charge in [0.05, 0.1) is 4.88 Å². The minimum atomic E-state index is 1.37. The Morgan fingerprint density at radius 2 is 1.62 bits per heavy atom. The van der Waals surface area contributed by atoms with Crippen LogP contribution in [0.15, 0.2) is 41.1 Å². The van der Waals surface area contributed by atoms with Crippen molar-refractivity contribution < 1.29 is 0 Å². The Bertz CT molecular complexity index is 519. The molecule has 80 valence electrons. The lowest BCUT2D eigenvalue weighted by Gasteiger charge is -1.97. The second kappa shape index (κ2) is 4.17. The van der Waals surface area contributed by atoms with Crippen LogP contribution in [0.25, 0.3) is 20.2 Å². The molecule has 0 saturated carbocycles. The van der Waals surface area contributed by atoms with E-state index in [1.165, 1.54) is 25.1 Å². The van der Waals surface area contributed by atoms with E-state index in [0.717, 1.165) is 0 Å². The molecule has 0 aromatic carbocycles. The molecule has 3 aromatic rings. The van der Waals surface area contributed by atoms with Crippen LogP contribution in [0.1, 0.15) is 4.88 Å². The smallest absolute Gasteiger partial charge is 0.0531 e. The van der Waals surface area contributed by atoms with Gasteiger partial charge in [0.2, 0.25) is 0 Å². The van der Waals surface area contributed by atoms with Gasteiger partial charge < -0.3 is 0 Å². The van der Waals surface area contributed by atoms with Crippen LogP contribution in [0.2, 0.25) is 0 Å². The molecule has 16 heavy (non-hydrogen) atoms. The summed E-state index contributed by atoms with van der Waals surface area (Å²) < 4.78 is 0. The molecule has 0 atom stereocenters. The van der Waals surface area contributed by atoms with Crippen molar-refractivity contribution in [2.45, 2.75) is 6.92 Å². The van der Waals surface area contributed by atoms with E-state index in [0.29, 0.717) is 0 Å². The first-order chi connectivity index (χ1) is 7.84. The van der Waals surface area contributed by atoms with Crippen molar-refractivity contribution in [1.82, 2.24) is 0 Å². The second-order valence-electron chi connectivity index (χ2n) is 3.55. The maximum Gasteiger partial charge on any atom is 0.0531 e. The number of aryl methyl sites for hydroxylation is 1. The summed E-state index contributed by atoms with van der Waals surface area (Å²) in [5.41, 5.74) is 1.39. The molecule has 0 spiro atoms. The normalized spacial score (nSPS) is 10.8. The summed E-state index contributed by atoms with van der Waals surface area (Å²) in [4.78, 5) is 5.54. The van der Waals surface area contributed by atoms with Gasteiger partial charge in [0.1, 0.15) is 0 Å². The first kappa shape index (κ1) is 10.3. The summed E-state index contributed by atoms with van der Waals surface area (Å²) in [6.45, 7) is 2.18. The maximum absolute atomic E-state index is 2.30. The van der Waals surface area contributed by atoms with Crippen LogP contribution in [0.5, 0.6) is 0 Å². The Balaban J connectivity index is 2.19. The third kappa shape index (κ3) is 1.75. The topological polar surface area (TPSA) is 0 Å². The standard InChI is InChI=1S/C13H10S3/c1-9-8-10(11-4-2-6-14-11)13(16-9)12-5-3-7-15-12/h2-8H,1H3. The Hall–Kier alpha value is -0.900. The average molecular weight is 262 g/mol. The van der Waals surface area contributed by atoms with E-state index in [-0.39, 0.29) is 0 Å². The van der Waals surface area contributed by atoms with Crippen LogP contribution in [-0.4, -0.2) is 0 Å². The third-order valence-corrected chi connectivity index (χ3v) is 5.39. The molecule has 0 aliphatic heterocycles. The number of rotatable bonds is 2. The molecule has 3 heterocycles. The van der Waals surface area contributed by atoms with E-state index in [9.17, 15) is 0 Å². The minimum absolute atomic E-state index is 1.37. The minimum Gasteiger partial charge on any atom is -0.144 e. The van der Waals surface area contributed by atoms with Crippen molar-refractivity contribution in [3.8, 4) is 20.2 Å². The van der Waals surface area contributed by atoms with Gasteiger partial charge in [-0.2, -0.15) is 0 Å². The molecule has 3 rings (SSSR count). The van der Waals surface area contributed by atoms with Crippen molar-refractivity contribution in [3.05, 3.63) is 46.0 Å². The SMILES string of the molecule is Cc1cc(-c2cccs2)c(-c2cccs2)s1. The Morgan fingerprint density at radius 1 is 0.938 bits per heavy atom. The van der Waals surface area contributed by atoms with E-state index < -0.39 is 0 Å². The highest BCUT2D eigenvalue weighted by Crippen LogP contribution is 2.42. The molecule has 3 aromatic heterocycles. The second-order valence-corrected chi connectivity index (χ2v) is 6.71. The van der Waals surface area contributed by atoms with Gasteiger partial charge >= 0.3 is 0 Å². The van der Waals surface area contributed by atoms with Gasteiger partial charge in [0.15, 0.2) is 0 Å². The molecule has 0 radical (unpaired) electrons. The molecule has 0 bridgehead atoms. The fraction of sp³-hybridized carbons (Fsp3) is 0.0769. The summed E-state index contributed by atoms with van der Waals surface area (Å²) in [7, 11) is 0. The fourth-order valence-electron chi connectivity index (χ4n) is 1.72. The Morgan fingerprint density at radius 3 is 2.25 bits per heavy atom. The zero-order valence-electron chi connectivity index (χ0n) is 8.77. The van der Waals surface area contributed by atoms with E-state index >= 15 is 0 Å². The van der Waals surface area contributed by atoms with E-state index in [4.69, 9.17) is 0 Å². The van der Waals surface area contributed by atoms with Gasteiger partial charge in [0.25, 0.3) is 0 Å². The molecule has 3 heteroatoms. The van der Waals surface area contributed by atoms with Gasteiger partial charge in [-0.05, 0) is 35.9 Å². The molecular weight excluding hydrogens is 252 g/mol. The number of hydrogen-bond acceptors (Lipinski definition) is 3. The van der Waals surface area contributed by atoms with E-state index in [1.54, 1.807) is 0 Å². The first-order valence-electron chi connectivity index (χ1n) is 5.03. The van der Waals surface area contributed by atoms with Crippen LogP contribution in [-0.2, 0) is 0 Å². The third-order valence-electron chi connectivity index (χ3n) is 2.39. The number of thiophene rings is 3. The maximum atomic E-state index is 2.30. The zero-order valence-corrected chi connectivity index (χ0v) is 11.2. The molecule has 0 N–H and O–H groups in total. The molecule has 0 aliphatic carbocycles. The van der Waals surface area contributed by atoms with Gasteiger partial charge in [-0.1, -0.05) is 12.1 Å². The van der Waals surface area contributed by atoms with Crippen molar-refractivity contribution in [2.75, 3.05) is 0 Å². The van der Waals surface area contributed by atoms with Crippen molar-refractivity contribution in [2.24, 2.45) is 0 Å². The highest BCUT2D eigenvalue weighted by Gasteiger charge is 2.12. The average Bonchev–Trinajstić information content (AvgIpc) is 2.98. The van der Waals surface area contributed by atoms with Crippen LogP contribution < -0.4 is 0 Å². The molecule has 0 nitrogen and oxygen atoms in total. The summed E-state index contributed by atoms with van der Waals surface area (Å²) in [5, 5.41) is 4.28. The Kier molecular flexibility index (Phi) is 2.67. The highest BCUT2D eigenvalue weighted by atomic mass is 32.1. The van der Waals surface area contributed by atoms with Gasteiger partial charge in [0, 0.05) is 20.2 Å². The lowest BCUT2D eigenvalue weighted by Crippen LogP contribution is -1.69. The zero-order chi connectivity index (χ0) is 11.0. The monoisotopic (exact) mass is 262 g/mol. The molecule has 0 saturated heterocycles. The lowest BCUT2D eigenvalue weighted by atomic mass is 10.2. The lowest BCUT2D eigenvalue weighted by molar-refractivity contribution is 1.64. The van der Waals surface area contributed by atoms with Gasteiger partial charge in [-0.3, -0.25) is 0 Å². The van der Waals surface area contributed by atoms with Crippen LogP contribution >= 0.6 is 34.0 Å².